The van der Waals surface area contributed by atoms with Crippen LogP contribution in [0.15, 0.2) is 66.9 Å². The van der Waals surface area contributed by atoms with Crippen LogP contribution in [0.3, 0.4) is 0 Å². The highest BCUT2D eigenvalue weighted by atomic mass is 35.5. The van der Waals surface area contributed by atoms with E-state index in [1.165, 1.54) is 0 Å². The molecule has 0 aliphatic heterocycles. The van der Waals surface area contributed by atoms with Crippen molar-refractivity contribution in [3.63, 3.8) is 0 Å². The quantitative estimate of drug-likeness (QED) is 0.666. The fraction of sp³-hybridized carbons (Fsp3) is 0.0526. The van der Waals surface area contributed by atoms with Crippen molar-refractivity contribution in [2.24, 2.45) is 0 Å². The van der Waals surface area contributed by atoms with Crippen molar-refractivity contribution < 1.29 is 4.79 Å². The summed E-state index contributed by atoms with van der Waals surface area (Å²) in [5, 5.41) is 3.64. The van der Waals surface area contributed by atoms with E-state index in [1.54, 1.807) is 30.5 Å². The van der Waals surface area contributed by atoms with Crippen molar-refractivity contribution in [2.45, 2.75) is 0 Å². The first-order valence-corrected chi connectivity index (χ1v) is 8.31. The van der Waals surface area contributed by atoms with Gasteiger partial charge >= 0.3 is 0 Å². The zero-order valence-corrected chi connectivity index (χ0v) is 14.9. The molecule has 0 atom stereocenters. The number of carbonyl (C=O) groups excluding carboxylic acids is 1. The number of aromatic nitrogens is 1. The van der Waals surface area contributed by atoms with Gasteiger partial charge in [-0.3, -0.25) is 9.78 Å². The van der Waals surface area contributed by atoms with Crippen LogP contribution in [0, 0.1) is 0 Å². The van der Waals surface area contributed by atoms with E-state index in [1.807, 2.05) is 48.3 Å². The molecule has 1 heterocycles. The third-order valence-corrected chi connectivity index (χ3v) is 4.25. The fourth-order valence-corrected chi connectivity index (χ4v) is 2.67. The van der Waals surface area contributed by atoms with Crippen LogP contribution in [0.5, 0.6) is 0 Å². The molecular weight excluding hydrogens is 357 g/mol. The molecule has 1 N–H and O–H groups in total. The van der Waals surface area contributed by atoms with Gasteiger partial charge in [-0.1, -0.05) is 41.4 Å². The Morgan fingerprint density at radius 2 is 1.76 bits per heavy atom. The van der Waals surface area contributed by atoms with Crippen LogP contribution >= 0.6 is 23.2 Å². The number of nitrogens with one attached hydrogen (secondary N) is 1. The van der Waals surface area contributed by atoms with E-state index < -0.39 is 0 Å². The van der Waals surface area contributed by atoms with E-state index in [4.69, 9.17) is 23.2 Å². The van der Waals surface area contributed by atoms with Crippen molar-refractivity contribution in [3.05, 3.63) is 82.6 Å². The maximum Gasteiger partial charge on any atom is 0.274 e. The first-order chi connectivity index (χ1) is 12.0. The minimum atomic E-state index is -0.354. The Morgan fingerprint density at radius 3 is 2.52 bits per heavy atom. The van der Waals surface area contributed by atoms with Gasteiger partial charge in [0.15, 0.2) is 0 Å². The summed E-state index contributed by atoms with van der Waals surface area (Å²) in [7, 11) is 1.93. The van der Waals surface area contributed by atoms with Crippen molar-refractivity contribution in [3.8, 4) is 0 Å². The predicted octanol–water partition coefficient (Wildman–Crippen LogP) is 5.41. The number of amides is 1. The Balaban J connectivity index is 1.83. The van der Waals surface area contributed by atoms with Crippen LogP contribution in [0.1, 0.15) is 10.5 Å². The molecule has 2 aromatic carbocycles. The molecule has 25 heavy (non-hydrogen) atoms. The van der Waals surface area contributed by atoms with Crippen molar-refractivity contribution in [2.75, 3.05) is 17.3 Å². The van der Waals surface area contributed by atoms with Gasteiger partial charge in [0.25, 0.3) is 5.91 Å². The van der Waals surface area contributed by atoms with E-state index >= 15 is 0 Å². The summed E-state index contributed by atoms with van der Waals surface area (Å²) in [6.07, 6.45) is 1.60. The summed E-state index contributed by atoms with van der Waals surface area (Å²) >= 11 is 12.0. The van der Waals surface area contributed by atoms with Gasteiger partial charge in [0.05, 0.1) is 10.7 Å². The Bertz CT molecular complexity index is 900. The average molecular weight is 372 g/mol. The molecule has 0 radical (unpaired) electrons. The number of hydrogen-bond donors (Lipinski definition) is 1. The lowest BCUT2D eigenvalue weighted by Gasteiger charge is -2.19. The number of para-hydroxylation sites is 1. The van der Waals surface area contributed by atoms with Crippen molar-refractivity contribution >= 4 is 46.2 Å². The van der Waals surface area contributed by atoms with E-state index in [0.717, 1.165) is 11.4 Å². The summed E-state index contributed by atoms with van der Waals surface area (Å²) in [4.78, 5) is 18.6. The molecule has 1 aromatic heterocycles. The Morgan fingerprint density at radius 1 is 1.00 bits per heavy atom. The topological polar surface area (TPSA) is 45.2 Å². The molecule has 0 aliphatic rings. The van der Waals surface area contributed by atoms with Gasteiger partial charge in [-0.2, -0.15) is 0 Å². The van der Waals surface area contributed by atoms with Crippen LogP contribution < -0.4 is 10.2 Å². The Hall–Kier alpha value is -2.56. The minimum Gasteiger partial charge on any atom is -0.345 e. The van der Waals surface area contributed by atoms with Gasteiger partial charge in [-0.15, -0.1) is 0 Å². The molecule has 0 saturated heterocycles. The third-order valence-electron chi connectivity index (χ3n) is 3.68. The first-order valence-electron chi connectivity index (χ1n) is 7.56. The molecule has 1 amide bonds. The molecule has 0 saturated carbocycles. The second kappa shape index (κ2) is 7.55. The predicted molar refractivity (Wildman–Crippen MR) is 103 cm³/mol. The second-order valence-corrected chi connectivity index (χ2v) is 6.22. The number of pyridine rings is 1. The number of halogens is 2. The lowest BCUT2D eigenvalue weighted by Crippen LogP contribution is -2.16. The van der Waals surface area contributed by atoms with Crippen LogP contribution in [0.4, 0.5) is 17.1 Å². The maximum absolute atomic E-state index is 12.5. The zero-order chi connectivity index (χ0) is 17.8. The number of anilines is 3. The SMILES string of the molecule is CN(c1ccccc1)c1ccnc(C(=O)Nc2cc(Cl)ccc2Cl)c1. The first kappa shape index (κ1) is 17.3. The van der Waals surface area contributed by atoms with Gasteiger partial charge in [0, 0.05) is 29.6 Å². The number of benzene rings is 2. The normalized spacial score (nSPS) is 10.4. The average Bonchev–Trinajstić information content (AvgIpc) is 2.65. The van der Waals surface area contributed by atoms with E-state index in [0.29, 0.717) is 15.7 Å². The lowest BCUT2D eigenvalue weighted by atomic mass is 10.2. The molecule has 0 fully saturated rings. The van der Waals surface area contributed by atoms with Gasteiger partial charge in [-0.05, 0) is 42.5 Å². The van der Waals surface area contributed by atoms with Crippen LogP contribution in [-0.2, 0) is 0 Å². The third kappa shape index (κ3) is 4.10. The molecule has 0 bridgehead atoms. The molecule has 6 heteroatoms. The molecular formula is C19H15Cl2N3O. The molecule has 3 aromatic rings. The van der Waals surface area contributed by atoms with Crippen molar-refractivity contribution in [1.29, 1.82) is 0 Å². The van der Waals surface area contributed by atoms with Gasteiger partial charge in [-0.25, -0.2) is 0 Å². The largest absolute Gasteiger partial charge is 0.345 e. The van der Waals surface area contributed by atoms with Crippen LogP contribution in [-0.4, -0.2) is 17.9 Å². The highest BCUT2D eigenvalue weighted by Crippen LogP contribution is 2.27. The highest BCUT2D eigenvalue weighted by molar-refractivity contribution is 6.35. The Labute approximate surface area is 156 Å². The van der Waals surface area contributed by atoms with Gasteiger partial charge in [0.1, 0.15) is 5.69 Å². The van der Waals surface area contributed by atoms with Crippen molar-refractivity contribution in [1.82, 2.24) is 4.98 Å². The monoisotopic (exact) mass is 371 g/mol. The molecule has 4 nitrogen and oxygen atoms in total. The number of nitrogens with zero attached hydrogens (tertiary/aromatic N) is 2. The molecule has 0 unspecified atom stereocenters. The summed E-state index contributed by atoms with van der Waals surface area (Å²) in [5.41, 5.74) is 2.60. The lowest BCUT2D eigenvalue weighted by molar-refractivity contribution is 0.102. The van der Waals surface area contributed by atoms with Gasteiger partial charge < -0.3 is 10.2 Å². The summed E-state index contributed by atoms with van der Waals surface area (Å²) in [6, 6.07) is 18.3. The number of rotatable bonds is 4. The maximum atomic E-state index is 12.5. The van der Waals surface area contributed by atoms with E-state index in [9.17, 15) is 4.79 Å². The summed E-state index contributed by atoms with van der Waals surface area (Å²) in [5.74, 6) is -0.354. The number of hydrogen-bond acceptors (Lipinski definition) is 3. The molecule has 0 spiro atoms. The molecule has 0 aliphatic carbocycles. The van der Waals surface area contributed by atoms with Crippen LogP contribution in [0.2, 0.25) is 10.0 Å². The van der Waals surface area contributed by atoms with E-state index in [-0.39, 0.29) is 11.6 Å². The van der Waals surface area contributed by atoms with E-state index in [2.05, 4.69) is 10.3 Å². The number of carbonyl (C=O) groups is 1. The molecule has 3 rings (SSSR count). The highest BCUT2D eigenvalue weighted by Gasteiger charge is 2.13. The standard InChI is InChI=1S/C19H15Cl2N3O/c1-24(14-5-3-2-4-6-14)15-9-10-22-18(12-15)19(25)23-17-11-13(20)7-8-16(17)21/h2-12H,1H3,(H,23,25). The summed E-state index contributed by atoms with van der Waals surface area (Å²) in [6.45, 7) is 0. The fourth-order valence-electron chi connectivity index (χ4n) is 2.33. The second-order valence-electron chi connectivity index (χ2n) is 5.37. The molecule has 126 valence electrons. The smallest absolute Gasteiger partial charge is 0.274 e. The zero-order valence-electron chi connectivity index (χ0n) is 13.4. The van der Waals surface area contributed by atoms with Gasteiger partial charge in [0.2, 0.25) is 0 Å². The minimum absolute atomic E-state index is 0.288. The van der Waals surface area contributed by atoms with Crippen LogP contribution in [0.25, 0.3) is 0 Å². The summed E-state index contributed by atoms with van der Waals surface area (Å²) < 4.78 is 0. The Kier molecular flexibility index (Phi) is 5.22.